The monoisotopic (exact) mass is 462 g/mol. The lowest BCUT2D eigenvalue weighted by Gasteiger charge is -2.38. The van der Waals surface area contributed by atoms with Crippen LogP contribution < -0.4 is 16.4 Å². The summed E-state index contributed by atoms with van der Waals surface area (Å²) in [5.74, 6) is -1.78. The molecule has 0 saturated carbocycles. The van der Waals surface area contributed by atoms with Gasteiger partial charge < -0.3 is 26.0 Å². The molecule has 9 heteroatoms. The van der Waals surface area contributed by atoms with E-state index in [9.17, 15) is 19.2 Å². The van der Waals surface area contributed by atoms with Gasteiger partial charge in [0.1, 0.15) is 17.7 Å². The molecule has 2 atom stereocenters. The second kappa shape index (κ2) is 11.2. The van der Waals surface area contributed by atoms with E-state index in [1.807, 2.05) is 26.8 Å². The Morgan fingerprint density at radius 1 is 1.00 bits per heavy atom. The van der Waals surface area contributed by atoms with Crippen LogP contribution >= 0.6 is 0 Å². The van der Waals surface area contributed by atoms with Gasteiger partial charge in [0.25, 0.3) is 0 Å². The van der Waals surface area contributed by atoms with Crippen molar-refractivity contribution in [1.29, 1.82) is 0 Å². The fourth-order valence-corrected chi connectivity index (χ4v) is 3.22. The first-order chi connectivity index (χ1) is 15.0. The number of carbonyl (C=O) groups excluding carboxylic acids is 4. The van der Waals surface area contributed by atoms with Gasteiger partial charge in [-0.1, -0.05) is 30.3 Å². The van der Waals surface area contributed by atoms with Crippen LogP contribution in [0.25, 0.3) is 0 Å². The number of benzene rings is 1. The number of hydrogen-bond acceptors (Lipinski definition) is 5. The smallest absolute Gasteiger partial charge is 0.408 e. The zero-order chi connectivity index (χ0) is 25.6. The van der Waals surface area contributed by atoms with E-state index >= 15 is 0 Å². The maximum absolute atomic E-state index is 13.7. The van der Waals surface area contributed by atoms with Gasteiger partial charge in [0, 0.05) is 11.6 Å². The molecule has 1 rings (SSSR count). The highest BCUT2D eigenvalue weighted by atomic mass is 16.6. The lowest BCUT2D eigenvalue weighted by Crippen LogP contribution is -2.57. The molecule has 0 bridgehead atoms. The van der Waals surface area contributed by atoms with Crippen molar-refractivity contribution in [3.63, 3.8) is 0 Å². The fraction of sp³-hybridized carbons (Fsp3) is 0.583. The lowest BCUT2D eigenvalue weighted by molar-refractivity contribution is -0.146. The summed E-state index contributed by atoms with van der Waals surface area (Å²) in [4.78, 5) is 52.5. The SMILES string of the molecule is CC(C)N(C(=O)C(CC(N)=O)NC(=O)OC(C)(C)C)C(C(=O)NC(C)(C)C)c1ccccc1. The molecule has 4 N–H and O–H groups in total. The zero-order valence-corrected chi connectivity index (χ0v) is 20.9. The fourth-order valence-electron chi connectivity index (χ4n) is 3.22. The topological polar surface area (TPSA) is 131 Å². The van der Waals surface area contributed by atoms with Gasteiger partial charge in [-0.05, 0) is 61.0 Å². The van der Waals surface area contributed by atoms with Gasteiger partial charge in [-0.25, -0.2) is 4.79 Å². The Morgan fingerprint density at radius 3 is 1.97 bits per heavy atom. The lowest BCUT2D eigenvalue weighted by atomic mass is 9.99. The first-order valence-corrected chi connectivity index (χ1v) is 11.0. The van der Waals surface area contributed by atoms with E-state index in [4.69, 9.17) is 10.5 Å². The van der Waals surface area contributed by atoms with Gasteiger partial charge in [-0.2, -0.15) is 0 Å². The van der Waals surface area contributed by atoms with Gasteiger partial charge in [0.15, 0.2) is 0 Å². The third kappa shape index (κ3) is 9.51. The van der Waals surface area contributed by atoms with Crippen LogP contribution in [0.1, 0.15) is 73.4 Å². The number of alkyl carbamates (subject to hydrolysis) is 1. The van der Waals surface area contributed by atoms with E-state index in [0.717, 1.165) is 0 Å². The average Bonchev–Trinajstić information content (AvgIpc) is 2.61. The molecule has 0 aliphatic heterocycles. The van der Waals surface area contributed by atoms with Gasteiger partial charge in [0.2, 0.25) is 17.7 Å². The molecule has 184 valence electrons. The second-order valence-corrected chi connectivity index (χ2v) is 10.3. The van der Waals surface area contributed by atoms with E-state index in [1.54, 1.807) is 58.9 Å². The molecular formula is C24H38N4O5. The van der Waals surface area contributed by atoms with Gasteiger partial charge in [-0.3, -0.25) is 14.4 Å². The number of carbonyl (C=O) groups is 4. The molecule has 4 amide bonds. The Labute approximate surface area is 196 Å². The van der Waals surface area contributed by atoms with Crippen LogP contribution in [-0.4, -0.2) is 51.9 Å². The molecule has 0 aromatic heterocycles. The number of amides is 4. The van der Waals surface area contributed by atoms with Crippen molar-refractivity contribution < 1.29 is 23.9 Å². The maximum atomic E-state index is 13.7. The minimum Gasteiger partial charge on any atom is -0.444 e. The van der Waals surface area contributed by atoms with Crippen molar-refractivity contribution in [3.8, 4) is 0 Å². The molecule has 0 aliphatic carbocycles. The van der Waals surface area contributed by atoms with Crippen molar-refractivity contribution in [2.24, 2.45) is 5.73 Å². The number of nitrogens with zero attached hydrogens (tertiary/aromatic N) is 1. The molecule has 0 radical (unpaired) electrons. The standard InChI is InChI=1S/C24H38N4O5/c1-15(2)28(19(16-12-10-9-11-13-16)20(30)27-23(3,4)5)21(31)17(14-18(25)29)26-22(32)33-24(6,7)8/h9-13,15,17,19H,14H2,1-8H3,(H2,25,29)(H,26,32)(H,27,30). The van der Waals surface area contributed by atoms with Crippen molar-refractivity contribution in [1.82, 2.24) is 15.5 Å². The first-order valence-electron chi connectivity index (χ1n) is 11.0. The minimum absolute atomic E-state index is 0.383. The average molecular weight is 463 g/mol. The third-order valence-electron chi connectivity index (χ3n) is 4.35. The largest absolute Gasteiger partial charge is 0.444 e. The van der Waals surface area contributed by atoms with E-state index in [1.165, 1.54) is 4.90 Å². The van der Waals surface area contributed by atoms with Gasteiger partial charge in [0.05, 0.1) is 6.42 Å². The summed E-state index contributed by atoms with van der Waals surface area (Å²) < 4.78 is 5.25. The number of nitrogens with one attached hydrogen (secondary N) is 2. The third-order valence-corrected chi connectivity index (χ3v) is 4.35. The predicted octanol–water partition coefficient (Wildman–Crippen LogP) is 2.65. The first kappa shape index (κ1) is 27.9. The normalized spacial score (nSPS) is 13.6. The Balaban J connectivity index is 3.43. The number of nitrogens with two attached hydrogens (primary N) is 1. The van der Waals surface area contributed by atoms with Crippen molar-refractivity contribution in [2.45, 2.75) is 91.1 Å². The Kier molecular flexibility index (Phi) is 9.45. The molecular weight excluding hydrogens is 424 g/mol. The maximum Gasteiger partial charge on any atom is 0.408 e. The molecule has 0 spiro atoms. The number of hydrogen-bond donors (Lipinski definition) is 3. The Morgan fingerprint density at radius 2 is 1.55 bits per heavy atom. The van der Waals surface area contributed by atoms with Crippen LogP contribution in [0.4, 0.5) is 4.79 Å². The minimum atomic E-state index is -1.30. The molecule has 0 saturated heterocycles. The molecule has 9 nitrogen and oxygen atoms in total. The summed E-state index contributed by atoms with van der Waals surface area (Å²) in [6.45, 7) is 14.1. The van der Waals surface area contributed by atoms with Crippen molar-refractivity contribution in [3.05, 3.63) is 35.9 Å². The van der Waals surface area contributed by atoms with Gasteiger partial charge in [-0.15, -0.1) is 0 Å². The van der Waals surface area contributed by atoms with Crippen LogP contribution in [0.15, 0.2) is 30.3 Å². The van der Waals surface area contributed by atoms with E-state index in [-0.39, 0.29) is 5.91 Å². The van der Waals surface area contributed by atoms with Crippen LogP contribution in [0.5, 0.6) is 0 Å². The second-order valence-electron chi connectivity index (χ2n) is 10.3. The molecule has 33 heavy (non-hydrogen) atoms. The predicted molar refractivity (Wildman–Crippen MR) is 126 cm³/mol. The van der Waals surface area contributed by atoms with E-state index < -0.39 is 53.6 Å². The molecule has 0 fully saturated rings. The summed E-state index contributed by atoms with van der Waals surface area (Å²) in [7, 11) is 0. The summed E-state index contributed by atoms with van der Waals surface area (Å²) in [5.41, 5.74) is 4.60. The summed E-state index contributed by atoms with van der Waals surface area (Å²) >= 11 is 0. The van der Waals surface area contributed by atoms with E-state index in [0.29, 0.717) is 5.56 Å². The molecule has 0 heterocycles. The van der Waals surface area contributed by atoms with E-state index in [2.05, 4.69) is 10.6 Å². The van der Waals surface area contributed by atoms with Crippen LogP contribution in [0.3, 0.4) is 0 Å². The number of ether oxygens (including phenoxy) is 1. The summed E-state index contributed by atoms with van der Waals surface area (Å²) in [5, 5.41) is 5.37. The number of primary amides is 1. The van der Waals surface area contributed by atoms with Crippen molar-refractivity contribution in [2.75, 3.05) is 0 Å². The quantitative estimate of drug-likeness (QED) is 0.547. The summed E-state index contributed by atoms with van der Waals surface area (Å²) in [6, 6.07) is 6.13. The number of rotatable bonds is 8. The highest BCUT2D eigenvalue weighted by molar-refractivity contribution is 5.94. The van der Waals surface area contributed by atoms with Gasteiger partial charge >= 0.3 is 6.09 Å². The van der Waals surface area contributed by atoms with Crippen LogP contribution in [0.2, 0.25) is 0 Å². The highest BCUT2D eigenvalue weighted by Crippen LogP contribution is 2.26. The molecule has 1 aromatic carbocycles. The highest BCUT2D eigenvalue weighted by Gasteiger charge is 2.39. The Hall–Kier alpha value is -3.10. The summed E-state index contributed by atoms with van der Waals surface area (Å²) in [6.07, 6.45) is -1.30. The zero-order valence-electron chi connectivity index (χ0n) is 20.9. The van der Waals surface area contributed by atoms with Crippen molar-refractivity contribution >= 4 is 23.8 Å². The molecule has 1 aromatic rings. The van der Waals surface area contributed by atoms with Crippen LogP contribution in [-0.2, 0) is 19.1 Å². The Bertz CT molecular complexity index is 841. The van der Waals surface area contributed by atoms with Crippen LogP contribution in [0, 0.1) is 0 Å². The molecule has 2 unspecified atom stereocenters. The molecule has 0 aliphatic rings.